The van der Waals surface area contributed by atoms with Gasteiger partial charge in [0.25, 0.3) is 0 Å². The van der Waals surface area contributed by atoms with Gasteiger partial charge in [0, 0.05) is 18.4 Å². The minimum Gasteiger partial charge on any atom is -0.320 e. The number of nitrogens with zero attached hydrogens (tertiary/aromatic N) is 5. The molecule has 3 aromatic rings. The molecule has 0 bridgehead atoms. The van der Waals surface area contributed by atoms with Gasteiger partial charge in [-0.1, -0.05) is 24.3 Å². The van der Waals surface area contributed by atoms with E-state index in [1.807, 2.05) is 42.2 Å². The molecule has 136 valence electrons. The largest absolute Gasteiger partial charge is 0.354 e. The molecule has 8 nitrogen and oxygen atoms in total. The third-order valence-electron chi connectivity index (χ3n) is 4.51. The first-order chi connectivity index (χ1) is 13.1. The summed E-state index contributed by atoms with van der Waals surface area (Å²) in [5.41, 5.74) is 2.95. The lowest BCUT2D eigenvalue weighted by molar-refractivity contribution is -0.383. The van der Waals surface area contributed by atoms with E-state index in [-0.39, 0.29) is 17.3 Å². The summed E-state index contributed by atoms with van der Waals surface area (Å²) < 4.78 is 0. The van der Waals surface area contributed by atoms with Gasteiger partial charge in [0.15, 0.2) is 0 Å². The molecule has 1 aliphatic heterocycles. The van der Waals surface area contributed by atoms with Crippen molar-refractivity contribution >= 4 is 28.8 Å². The lowest BCUT2D eigenvalue weighted by Gasteiger charge is -2.30. The number of nitrogens with one attached hydrogen (secondary N) is 1. The first kappa shape index (κ1) is 16.9. The molecular formula is C19H18N6O2. The maximum atomic E-state index is 11.9. The van der Waals surface area contributed by atoms with Crippen LogP contribution in [0.2, 0.25) is 0 Å². The van der Waals surface area contributed by atoms with E-state index < -0.39 is 4.92 Å². The SMILES string of the molecule is Cc1ccc(Nc2ncnc(N3CCCc4ccccc43)c2[N+](=O)[O-])nc1. The average Bonchev–Trinajstić information content (AvgIpc) is 2.69. The van der Waals surface area contributed by atoms with E-state index in [1.54, 1.807) is 12.3 Å². The summed E-state index contributed by atoms with van der Waals surface area (Å²) >= 11 is 0. The van der Waals surface area contributed by atoms with Crippen LogP contribution < -0.4 is 10.2 Å². The molecule has 0 saturated heterocycles. The van der Waals surface area contributed by atoms with Crippen LogP contribution in [0, 0.1) is 17.0 Å². The second-order valence-corrected chi connectivity index (χ2v) is 6.38. The molecule has 3 heterocycles. The number of aromatic nitrogens is 3. The van der Waals surface area contributed by atoms with Gasteiger partial charge in [-0.15, -0.1) is 0 Å². The highest BCUT2D eigenvalue weighted by atomic mass is 16.6. The normalized spacial score (nSPS) is 13.1. The second kappa shape index (κ2) is 6.99. The average molecular weight is 362 g/mol. The Kier molecular flexibility index (Phi) is 4.37. The Morgan fingerprint density at radius 2 is 2.00 bits per heavy atom. The van der Waals surface area contributed by atoms with Gasteiger partial charge in [-0.3, -0.25) is 10.1 Å². The lowest BCUT2D eigenvalue weighted by Crippen LogP contribution is -2.26. The molecule has 0 spiro atoms. The predicted octanol–water partition coefficient (Wildman–Crippen LogP) is 3.92. The van der Waals surface area contributed by atoms with Crippen molar-refractivity contribution < 1.29 is 4.92 Å². The highest BCUT2D eigenvalue weighted by Gasteiger charge is 2.30. The number of anilines is 4. The zero-order chi connectivity index (χ0) is 18.8. The van der Waals surface area contributed by atoms with Crippen LogP contribution in [0.3, 0.4) is 0 Å². The summed E-state index contributed by atoms with van der Waals surface area (Å²) in [6.45, 7) is 2.59. The first-order valence-corrected chi connectivity index (χ1v) is 8.68. The number of aryl methyl sites for hydroxylation is 2. The maximum absolute atomic E-state index is 11.9. The fraction of sp³-hybridized carbons (Fsp3) is 0.211. The first-order valence-electron chi connectivity index (χ1n) is 8.68. The number of benzene rings is 1. The molecule has 2 aromatic heterocycles. The van der Waals surface area contributed by atoms with Gasteiger partial charge in [-0.2, -0.15) is 0 Å². The Bertz CT molecular complexity index is 990. The topological polar surface area (TPSA) is 97.1 Å². The number of hydrogen-bond acceptors (Lipinski definition) is 7. The van der Waals surface area contributed by atoms with E-state index >= 15 is 0 Å². The van der Waals surface area contributed by atoms with Crippen LogP contribution in [0.15, 0.2) is 48.9 Å². The zero-order valence-corrected chi connectivity index (χ0v) is 14.8. The van der Waals surface area contributed by atoms with Gasteiger partial charge in [0.1, 0.15) is 12.1 Å². The number of rotatable bonds is 4. The van der Waals surface area contributed by atoms with Crippen molar-refractivity contribution in [3.8, 4) is 0 Å². The van der Waals surface area contributed by atoms with Crippen LogP contribution >= 0.6 is 0 Å². The number of fused-ring (bicyclic) bond motifs is 1. The molecule has 0 saturated carbocycles. The summed E-state index contributed by atoms with van der Waals surface area (Å²) in [6.07, 6.45) is 4.89. The fourth-order valence-corrected chi connectivity index (χ4v) is 3.24. The van der Waals surface area contributed by atoms with Crippen LogP contribution in [-0.4, -0.2) is 26.4 Å². The van der Waals surface area contributed by atoms with Gasteiger partial charge in [-0.25, -0.2) is 15.0 Å². The molecular weight excluding hydrogens is 344 g/mol. The minimum atomic E-state index is -0.441. The quantitative estimate of drug-likeness (QED) is 0.555. The Balaban J connectivity index is 1.78. The third-order valence-corrected chi connectivity index (χ3v) is 4.51. The van der Waals surface area contributed by atoms with Gasteiger partial charge < -0.3 is 10.2 Å². The van der Waals surface area contributed by atoms with Gasteiger partial charge in [0.2, 0.25) is 11.6 Å². The lowest BCUT2D eigenvalue weighted by atomic mass is 10.0. The van der Waals surface area contributed by atoms with E-state index in [2.05, 4.69) is 20.3 Å². The molecule has 0 fully saturated rings. The molecule has 0 aliphatic carbocycles. The highest BCUT2D eigenvalue weighted by molar-refractivity contribution is 5.79. The molecule has 0 unspecified atom stereocenters. The van der Waals surface area contributed by atoms with E-state index in [0.29, 0.717) is 12.4 Å². The van der Waals surface area contributed by atoms with Crippen molar-refractivity contribution in [2.24, 2.45) is 0 Å². The third kappa shape index (κ3) is 3.29. The van der Waals surface area contributed by atoms with Crippen molar-refractivity contribution in [1.82, 2.24) is 15.0 Å². The second-order valence-electron chi connectivity index (χ2n) is 6.38. The Labute approximate surface area is 156 Å². The van der Waals surface area contributed by atoms with Crippen molar-refractivity contribution in [3.05, 3.63) is 70.2 Å². The molecule has 4 rings (SSSR count). The molecule has 27 heavy (non-hydrogen) atoms. The molecule has 1 aromatic carbocycles. The Morgan fingerprint density at radius 1 is 1.15 bits per heavy atom. The summed E-state index contributed by atoms with van der Waals surface area (Å²) in [4.78, 5) is 25.9. The molecule has 1 aliphatic rings. The molecule has 8 heteroatoms. The van der Waals surface area contributed by atoms with E-state index in [4.69, 9.17) is 0 Å². The van der Waals surface area contributed by atoms with Crippen LogP contribution in [0.5, 0.6) is 0 Å². The van der Waals surface area contributed by atoms with Crippen molar-refractivity contribution in [3.63, 3.8) is 0 Å². The van der Waals surface area contributed by atoms with E-state index in [1.165, 1.54) is 6.33 Å². The van der Waals surface area contributed by atoms with Gasteiger partial charge in [0.05, 0.1) is 4.92 Å². The standard InChI is InChI=1S/C19H18N6O2/c1-13-8-9-16(20-11-13)23-18-17(25(26)27)19(22-12-21-18)24-10-4-6-14-5-2-3-7-15(14)24/h2-3,5,7-9,11-12H,4,6,10H2,1H3,(H,20,21,22,23). The van der Waals surface area contributed by atoms with Crippen molar-refractivity contribution in [2.75, 3.05) is 16.8 Å². The Morgan fingerprint density at radius 3 is 2.78 bits per heavy atom. The summed E-state index contributed by atoms with van der Waals surface area (Å²) in [5.74, 6) is 0.911. The van der Waals surface area contributed by atoms with Crippen LogP contribution in [0.4, 0.5) is 28.8 Å². The summed E-state index contributed by atoms with van der Waals surface area (Å²) in [6, 6.07) is 11.6. The zero-order valence-electron chi connectivity index (χ0n) is 14.8. The van der Waals surface area contributed by atoms with E-state index in [0.717, 1.165) is 29.7 Å². The number of pyridine rings is 1. The monoisotopic (exact) mass is 362 g/mol. The molecule has 0 atom stereocenters. The number of para-hydroxylation sites is 1. The van der Waals surface area contributed by atoms with Crippen molar-refractivity contribution in [1.29, 1.82) is 0 Å². The summed E-state index contributed by atoms with van der Waals surface area (Å²) in [5, 5.41) is 14.8. The number of hydrogen-bond donors (Lipinski definition) is 1. The van der Waals surface area contributed by atoms with Crippen molar-refractivity contribution in [2.45, 2.75) is 19.8 Å². The van der Waals surface area contributed by atoms with Crippen LogP contribution in [-0.2, 0) is 6.42 Å². The Hall–Kier alpha value is -3.55. The minimum absolute atomic E-state index is 0.129. The predicted molar refractivity (Wildman–Crippen MR) is 103 cm³/mol. The van der Waals surface area contributed by atoms with Crippen LogP contribution in [0.1, 0.15) is 17.5 Å². The maximum Gasteiger partial charge on any atom is 0.354 e. The van der Waals surface area contributed by atoms with Crippen LogP contribution in [0.25, 0.3) is 0 Å². The molecule has 0 amide bonds. The molecule has 0 radical (unpaired) electrons. The van der Waals surface area contributed by atoms with Gasteiger partial charge in [-0.05, 0) is 43.0 Å². The summed E-state index contributed by atoms with van der Waals surface area (Å²) in [7, 11) is 0. The van der Waals surface area contributed by atoms with Gasteiger partial charge >= 0.3 is 5.69 Å². The smallest absolute Gasteiger partial charge is 0.320 e. The number of nitro groups is 1. The highest BCUT2D eigenvalue weighted by Crippen LogP contribution is 2.39. The van der Waals surface area contributed by atoms with E-state index in [9.17, 15) is 10.1 Å². The molecule has 1 N–H and O–H groups in total. The fourth-order valence-electron chi connectivity index (χ4n) is 3.24.